The van der Waals surface area contributed by atoms with Gasteiger partial charge < -0.3 is 13.7 Å². The lowest BCUT2D eigenvalue weighted by atomic mass is 9.74. The minimum atomic E-state index is -0.484. The summed E-state index contributed by atoms with van der Waals surface area (Å²) in [4.78, 5) is 0. The monoisotopic (exact) mass is 310 g/mol. The van der Waals surface area contributed by atoms with Gasteiger partial charge in [-0.3, -0.25) is 0 Å². The van der Waals surface area contributed by atoms with Crippen LogP contribution >= 0.6 is 0 Å². The molecule has 3 aromatic carbocycles. The molecule has 3 nitrogen and oxygen atoms in total. The van der Waals surface area contributed by atoms with Crippen LogP contribution < -0.4 is 5.46 Å². The van der Waals surface area contributed by atoms with Gasteiger partial charge in [-0.2, -0.15) is 0 Å². The van der Waals surface area contributed by atoms with Crippen LogP contribution in [0.1, 0.15) is 0 Å². The number of hydrogen-bond donors (Lipinski definition) is 0. The molecule has 0 aromatic heterocycles. The Labute approximate surface area is 143 Å². The second kappa shape index (κ2) is 7.10. The summed E-state index contributed by atoms with van der Waals surface area (Å²) >= 11 is 0. The van der Waals surface area contributed by atoms with Crippen molar-refractivity contribution in [2.75, 3.05) is 0 Å². The molecule has 0 unspecified atom stereocenters. The van der Waals surface area contributed by atoms with Gasteiger partial charge in [0.15, 0.2) is 0 Å². The third kappa shape index (κ3) is 3.17. The first-order valence-electron chi connectivity index (χ1n) is 7.76. The van der Waals surface area contributed by atoms with E-state index in [9.17, 15) is 0 Å². The largest absolute Gasteiger partial charge is 0.465 e. The minimum absolute atomic E-state index is 0.484. The third-order valence-corrected chi connectivity index (χ3v) is 3.95. The predicted octanol–water partition coefficient (Wildman–Crippen LogP) is 2.85. The molecule has 0 saturated carbocycles. The molecule has 0 aliphatic carbocycles. The predicted molar refractivity (Wildman–Crippen MR) is 97.5 cm³/mol. The molecular weight excluding hydrogens is 297 g/mol. The molecule has 2 radical (unpaired) electrons. The smallest absolute Gasteiger partial charge is 0.457 e. The van der Waals surface area contributed by atoms with Gasteiger partial charge in [-0.15, -0.1) is 0 Å². The SMILES string of the molecule is [B]1O[B]OB(c2cccc(-c3ccccc3-c3ccccc3)c2)O1. The van der Waals surface area contributed by atoms with E-state index in [1.54, 1.807) is 0 Å². The van der Waals surface area contributed by atoms with Gasteiger partial charge in [0.2, 0.25) is 0 Å². The van der Waals surface area contributed by atoms with E-state index in [1.807, 2.05) is 18.2 Å². The first kappa shape index (κ1) is 15.3. The topological polar surface area (TPSA) is 27.7 Å². The van der Waals surface area contributed by atoms with Gasteiger partial charge in [0.1, 0.15) is 0 Å². The van der Waals surface area contributed by atoms with Crippen molar-refractivity contribution in [2.24, 2.45) is 0 Å². The summed E-state index contributed by atoms with van der Waals surface area (Å²) in [5.41, 5.74) is 5.61. The molecule has 1 heterocycles. The highest BCUT2D eigenvalue weighted by atomic mass is 16.7. The molecule has 0 atom stereocenters. The average molecular weight is 310 g/mol. The molecule has 0 spiro atoms. The Morgan fingerprint density at radius 3 is 2.00 bits per heavy atom. The minimum Gasteiger partial charge on any atom is -0.457 e. The maximum atomic E-state index is 5.37. The fraction of sp³-hybridized carbons (Fsp3) is 0. The maximum absolute atomic E-state index is 5.37. The van der Waals surface area contributed by atoms with E-state index in [1.165, 1.54) is 32.1 Å². The Bertz CT molecular complexity index is 821. The van der Waals surface area contributed by atoms with Crippen molar-refractivity contribution in [3.63, 3.8) is 0 Å². The molecular formula is C18H13B3O3. The van der Waals surface area contributed by atoms with Crippen LogP contribution in [0.3, 0.4) is 0 Å². The van der Waals surface area contributed by atoms with Crippen LogP contribution in [0.5, 0.6) is 0 Å². The average Bonchev–Trinajstić information content (AvgIpc) is 2.69. The van der Waals surface area contributed by atoms with Crippen molar-refractivity contribution in [3.05, 3.63) is 78.9 Å². The molecule has 1 aliphatic heterocycles. The lowest BCUT2D eigenvalue weighted by Crippen LogP contribution is -2.44. The lowest BCUT2D eigenvalue weighted by molar-refractivity contribution is 0.334. The summed E-state index contributed by atoms with van der Waals surface area (Å²) in [7, 11) is 2.07. The van der Waals surface area contributed by atoms with E-state index >= 15 is 0 Å². The lowest BCUT2D eigenvalue weighted by Gasteiger charge is -2.19. The fourth-order valence-electron chi connectivity index (χ4n) is 2.83. The summed E-state index contributed by atoms with van der Waals surface area (Å²) < 4.78 is 15.6. The Balaban J connectivity index is 1.74. The number of hydrogen-bond acceptors (Lipinski definition) is 3. The Morgan fingerprint density at radius 1 is 0.625 bits per heavy atom. The van der Waals surface area contributed by atoms with E-state index in [0.717, 1.165) is 11.0 Å². The molecule has 24 heavy (non-hydrogen) atoms. The van der Waals surface area contributed by atoms with Crippen LogP contribution in [0.25, 0.3) is 22.3 Å². The van der Waals surface area contributed by atoms with Crippen LogP contribution in [0, 0.1) is 0 Å². The van der Waals surface area contributed by atoms with Crippen molar-refractivity contribution in [3.8, 4) is 22.3 Å². The van der Waals surface area contributed by atoms with Gasteiger partial charge in [0.25, 0.3) is 0 Å². The van der Waals surface area contributed by atoms with Gasteiger partial charge in [-0.05, 0) is 27.7 Å². The van der Waals surface area contributed by atoms with Crippen molar-refractivity contribution in [2.45, 2.75) is 0 Å². The van der Waals surface area contributed by atoms with Crippen LogP contribution in [0.4, 0.5) is 0 Å². The zero-order valence-corrected chi connectivity index (χ0v) is 13.0. The highest BCUT2D eigenvalue weighted by Crippen LogP contribution is 2.31. The Morgan fingerprint density at radius 2 is 1.25 bits per heavy atom. The van der Waals surface area contributed by atoms with Gasteiger partial charge in [0.05, 0.1) is 0 Å². The quantitative estimate of drug-likeness (QED) is 0.696. The highest BCUT2D eigenvalue weighted by Gasteiger charge is 2.26. The Kier molecular flexibility index (Phi) is 4.52. The van der Waals surface area contributed by atoms with E-state index < -0.39 is 7.12 Å². The first-order chi connectivity index (χ1) is 11.9. The van der Waals surface area contributed by atoms with Crippen LogP contribution in [0.2, 0.25) is 0 Å². The van der Waals surface area contributed by atoms with Crippen molar-refractivity contribution < 1.29 is 13.7 Å². The van der Waals surface area contributed by atoms with Gasteiger partial charge >= 0.3 is 22.5 Å². The van der Waals surface area contributed by atoms with E-state index in [-0.39, 0.29) is 0 Å². The van der Waals surface area contributed by atoms with Crippen molar-refractivity contribution in [1.82, 2.24) is 0 Å². The van der Waals surface area contributed by atoms with E-state index in [4.69, 9.17) is 13.7 Å². The van der Waals surface area contributed by atoms with Gasteiger partial charge in [-0.1, -0.05) is 78.9 Å². The second-order valence-electron chi connectivity index (χ2n) is 5.47. The summed E-state index contributed by atoms with van der Waals surface area (Å²) in [6.07, 6.45) is 0. The Hall–Kier alpha value is -2.27. The van der Waals surface area contributed by atoms with Crippen LogP contribution in [-0.4, -0.2) is 22.5 Å². The summed E-state index contributed by atoms with van der Waals surface area (Å²) in [6.45, 7) is 0. The van der Waals surface area contributed by atoms with Gasteiger partial charge in [0, 0.05) is 0 Å². The molecule has 0 bridgehead atoms. The van der Waals surface area contributed by atoms with Crippen LogP contribution in [-0.2, 0) is 13.7 Å². The molecule has 3 aromatic rings. The zero-order chi connectivity index (χ0) is 16.2. The van der Waals surface area contributed by atoms with Crippen LogP contribution in [0.15, 0.2) is 78.9 Å². The molecule has 6 heteroatoms. The second-order valence-corrected chi connectivity index (χ2v) is 5.47. The third-order valence-electron chi connectivity index (χ3n) is 3.95. The highest BCUT2D eigenvalue weighted by molar-refractivity contribution is 6.71. The standard InChI is InChI=1S/C18H13B3O3/c1-2-7-14(8-3-1)17-11-4-5-12-18(17)15-9-6-10-16(13-15)21-23-19-22-20-24-21/h1-13H. The zero-order valence-electron chi connectivity index (χ0n) is 13.0. The molecule has 1 saturated heterocycles. The normalized spacial score (nSPS) is 13.9. The molecule has 0 N–H and O–H groups in total. The summed E-state index contributed by atoms with van der Waals surface area (Å²) in [5.74, 6) is 0. The molecule has 1 aliphatic rings. The molecule has 4 rings (SSSR count). The first-order valence-corrected chi connectivity index (χ1v) is 7.76. The van der Waals surface area contributed by atoms with Crippen molar-refractivity contribution in [1.29, 1.82) is 0 Å². The number of rotatable bonds is 3. The maximum Gasteiger partial charge on any atom is 0.465 e. The molecule has 0 amide bonds. The molecule has 1 fully saturated rings. The number of benzene rings is 3. The van der Waals surface area contributed by atoms with E-state index in [2.05, 4.69) is 60.7 Å². The molecule has 112 valence electrons. The fourth-order valence-corrected chi connectivity index (χ4v) is 2.83. The summed E-state index contributed by atoms with van der Waals surface area (Å²) in [6, 6.07) is 26.9. The summed E-state index contributed by atoms with van der Waals surface area (Å²) in [5, 5.41) is 0. The van der Waals surface area contributed by atoms with E-state index in [0.29, 0.717) is 0 Å². The van der Waals surface area contributed by atoms with Crippen molar-refractivity contribution >= 4 is 28.0 Å². The van der Waals surface area contributed by atoms with Gasteiger partial charge in [-0.25, -0.2) is 0 Å².